The fourth-order valence-corrected chi connectivity index (χ4v) is 4.92. The molecule has 1 fully saturated rings. The van der Waals surface area contributed by atoms with Crippen molar-refractivity contribution in [2.45, 2.75) is 24.7 Å². The molecule has 2 nitrogen and oxygen atoms in total. The van der Waals surface area contributed by atoms with Crippen molar-refractivity contribution in [3.05, 3.63) is 60.4 Å². The standard InChI is InChI=1S/C22H20N2S/c1-15-10-16(11-15)14-25-22-8-9-24-13-21(22)20-7-6-17(12-23)18-4-2-3-5-19(18)20/h2-9,13,15-16H,10-11,14H2,1H3. The molecule has 1 aliphatic carbocycles. The average Bonchev–Trinajstić information content (AvgIpc) is 2.64. The molecule has 0 radical (unpaired) electrons. The predicted octanol–water partition coefficient (Wildman–Crippen LogP) is 5.91. The summed E-state index contributed by atoms with van der Waals surface area (Å²) in [5.74, 6) is 2.92. The molecule has 1 heterocycles. The zero-order valence-electron chi connectivity index (χ0n) is 14.3. The Hall–Kier alpha value is -2.31. The molecule has 1 aromatic heterocycles. The number of fused-ring (bicyclic) bond motifs is 1. The molecule has 0 amide bonds. The lowest BCUT2D eigenvalue weighted by Gasteiger charge is -2.32. The van der Waals surface area contributed by atoms with Crippen LogP contribution in [0.15, 0.2) is 59.8 Å². The Bertz CT molecular complexity index is 952. The summed E-state index contributed by atoms with van der Waals surface area (Å²) < 4.78 is 0. The van der Waals surface area contributed by atoms with Gasteiger partial charge in [-0.15, -0.1) is 11.8 Å². The van der Waals surface area contributed by atoms with Crippen LogP contribution in [0.2, 0.25) is 0 Å². The molecule has 25 heavy (non-hydrogen) atoms. The van der Waals surface area contributed by atoms with Gasteiger partial charge in [0.15, 0.2) is 0 Å². The maximum absolute atomic E-state index is 9.39. The van der Waals surface area contributed by atoms with Crippen molar-refractivity contribution in [2.75, 3.05) is 5.75 Å². The molecule has 4 rings (SSSR count). The second-order valence-electron chi connectivity index (χ2n) is 6.94. The van der Waals surface area contributed by atoms with Crippen LogP contribution in [0, 0.1) is 23.2 Å². The van der Waals surface area contributed by atoms with Crippen LogP contribution in [0.25, 0.3) is 21.9 Å². The molecule has 3 heteroatoms. The number of nitrogens with zero attached hydrogens (tertiary/aromatic N) is 2. The Kier molecular flexibility index (Phi) is 4.46. The highest BCUT2D eigenvalue weighted by atomic mass is 32.2. The first kappa shape index (κ1) is 16.2. The maximum atomic E-state index is 9.39. The van der Waals surface area contributed by atoms with Gasteiger partial charge < -0.3 is 0 Å². The van der Waals surface area contributed by atoms with Gasteiger partial charge in [-0.3, -0.25) is 4.98 Å². The van der Waals surface area contributed by atoms with Gasteiger partial charge in [0.25, 0.3) is 0 Å². The minimum Gasteiger partial charge on any atom is -0.264 e. The van der Waals surface area contributed by atoms with E-state index in [0.29, 0.717) is 0 Å². The lowest BCUT2D eigenvalue weighted by Crippen LogP contribution is -2.22. The zero-order valence-corrected chi connectivity index (χ0v) is 15.1. The molecule has 0 atom stereocenters. The number of benzene rings is 2. The summed E-state index contributed by atoms with van der Waals surface area (Å²) in [4.78, 5) is 5.65. The lowest BCUT2D eigenvalue weighted by atomic mass is 9.77. The van der Waals surface area contributed by atoms with Crippen molar-refractivity contribution in [1.29, 1.82) is 5.26 Å². The lowest BCUT2D eigenvalue weighted by molar-refractivity contribution is 0.238. The molecule has 124 valence electrons. The molecule has 3 aromatic rings. The average molecular weight is 344 g/mol. The Balaban J connectivity index is 1.73. The van der Waals surface area contributed by atoms with Gasteiger partial charge in [0.1, 0.15) is 0 Å². The van der Waals surface area contributed by atoms with E-state index in [0.717, 1.165) is 33.7 Å². The maximum Gasteiger partial charge on any atom is 0.0998 e. The third-order valence-corrected chi connectivity index (χ3v) is 6.37. The Morgan fingerprint density at radius 2 is 1.88 bits per heavy atom. The molecule has 0 saturated heterocycles. The summed E-state index contributed by atoms with van der Waals surface area (Å²) in [6, 6.07) is 16.6. The number of pyridine rings is 1. The van der Waals surface area contributed by atoms with Gasteiger partial charge in [0.2, 0.25) is 0 Å². The van der Waals surface area contributed by atoms with Crippen molar-refractivity contribution in [1.82, 2.24) is 4.98 Å². The molecule has 0 spiro atoms. The minimum absolute atomic E-state index is 0.723. The molecule has 1 aliphatic rings. The first-order valence-corrected chi connectivity index (χ1v) is 9.74. The number of thioether (sulfide) groups is 1. The second kappa shape index (κ2) is 6.90. The molecule has 0 aliphatic heterocycles. The largest absolute Gasteiger partial charge is 0.264 e. The van der Waals surface area contributed by atoms with E-state index in [4.69, 9.17) is 0 Å². The summed E-state index contributed by atoms with van der Waals surface area (Å²) >= 11 is 1.94. The van der Waals surface area contributed by atoms with E-state index >= 15 is 0 Å². The van der Waals surface area contributed by atoms with E-state index in [9.17, 15) is 5.26 Å². The molecule has 2 aromatic carbocycles. The molecule has 0 unspecified atom stereocenters. The monoisotopic (exact) mass is 344 g/mol. The van der Waals surface area contributed by atoms with E-state index in [2.05, 4.69) is 36.2 Å². The normalized spacial score (nSPS) is 19.4. The smallest absolute Gasteiger partial charge is 0.0998 e. The van der Waals surface area contributed by atoms with E-state index in [-0.39, 0.29) is 0 Å². The van der Waals surface area contributed by atoms with E-state index in [1.165, 1.54) is 29.1 Å². The molecule has 0 N–H and O–H groups in total. The number of nitriles is 1. The topological polar surface area (TPSA) is 36.7 Å². The van der Waals surface area contributed by atoms with E-state index in [1.54, 1.807) is 0 Å². The molecule has 0 bridgehead atoms. The summed E-state index contributed by atoms with van der Waals surface area (Å²) in [5.41, 5.74) is 3.05. The molecule has 1 saturated carbocycles. The number of hydrogen-bond donors (Lipinski definition) is 0. The van der Waals surface area contributed by atoms with Crippen LogP contribution in [0.4, 0.5) is 0 Å². The van der Waals surface area contributed by atoms with Gasteiger partial charge in [0.05, 0.1) is 11.6 Å². The van der Waals surface area contributed by atoms with Crippen molar-refractivity contribution in [3.8, 4) is 17.2 Å². The number of aromatic nitrogens is 1. The van der Waals surface area contributed by atoms with Gasteiger partial charge in [-0.05, 0) is 47.8 Å². The summed E-state index contributed by atoms with van der Waals surface area (Å²) in [6.45, 7) is 2.34. The zero-order chi connectivity index (χ0) is 17.2. The third kappa shape index (κ3) is 3.15. The third-order valence-electron chi connectivity index (χ3n) is 5.06. The summed E-state index contributed by atoms with van der Waals surface area (Å²) in [6.07, 6.45) is 6.54. The molecular formula is C22H20N2S. The van der Waals surface area contributed by atoms with Crippen molar-refractivity contribution in [3.63, 3.8) is 0 Å². The van der Waals surface area contributed by atoms with Crippen LogP contribution in [0.5, 0.6) is 0 Å². The summed E-state index contributed by atoms with van der Waals surface area (Å²) in [7, 11) is 0. The number of hydrogen-bond acceptors (Lipinski definition) is 3. The van der Waals surface area contributed by atoms with Gasteiger partial charge in [-0.25, -0.2) is 0 Å². The Labute approximate surface area is 152 Å². The van der Waals surface area contributed by atoms with Gasteiger partial charge in [0, 0.05) is 34.0 Å². The van der Waals surface area contributed by atoms with Crippen molar-refractivity contribution < 1.29 is 0 Å². The Morgan fingerprint density at radius 3 is 2.64 bits per heavy atom. The van der Waals surface area contributed by atoms with Crippen LogP contribution in [-0.4, -0.2) is 10.7 Å². The van der Waals surface area contributed by atoms with Gasteiger partial charge >= 0.3 is 0 Å². The van der Waals surface area contributed by atoms with E-state index in [1.807, 2.05) is 48.4 Å². The quantitative estimate of drug-likeness (QED) is 0.552. The first-order chi connectivity index (χ1) is 12.3. The van der Waals surface area contributed by atoms with Crippen LogP contribution in [0.1, 0.15) is 25.3 Å². The van der Waals surface area contributed by atoms with Gasteiger partial charge in [-0.1, -0.05) is 37.3 Å². The van der Waals surface area contributed by atoms with E-state index < -0.39 is 0 Å². The Morgan fingerprint density at radius 1 is 1.08 bits per heavy atom. The summed E-state index contributed by atoms with van der Waals surface area (Å²) in [5, 5.41) is 11.5. The fourth-order valence-electron chi connectivity index (χ4n) is 3.75. The van der Waals surface area contributed by atoms with Crippen LogP contribution < -0.4 is 0 Å². The van der Waals surface area contributed by atoms with Gasteiger partial charge in [-0.2, -0.15) is 5.26 Å². The minimum atomic E-state index is 0.723. The highest BCUT2D eigenvalue weighted by Crippen LogP contribution is 2.40. The highest BCUT2D eigenvalue weighted by Gasteiger charge is 2.25. The fraction of sp³-hybridized carbons (Fsp3) is 0.273. The second-order valence-corrected chi connectivity index (χ2v) is 8.01. The SMILES string of the molecule is CC1CC(CSc2ccncc2-c2ccc(C#N)c3ccccc23)C1. The van der Waals surface area contributed by atoms with Crippen LogP contribution >= 0.6 is 11.8 Å². The highest BCUT2D eigenvalue weighted by molar-refractivity contribution is 7.99. The van der Waals surface area contributed by atoms with Crippen molar-refractivity contribution in [2.24, 2.45) is 11.8 Å². The number of rotatable bonds is 4. The molecular weight excluding hydrogens is 324 g/mol. The first-order valence-electron chi connectivity index (χ1n) is 8.75. The van der Waals surface area contributed by atoms with Crippen molar-refractivity contribution >= 4 is 22.5 Å². The predicted molar refractivity (Wildman–Crippen MR) is 105 cm³/mol. The van der Waals surface area contributed by atoms with Crippen LogP contribution in [0.3, 0.4) is 0 Å². The van der Waals surface area contributed by atoms with Crippen LogP contribution in [-0.2, 0) is 0 Å².